The summed E-state index contributed by atoms with van der Waals surface area (Å²) in [7, 11) is 0. The highest BCUT2D eigenvalue weighted by Crippen LogP contribution is 2.17. The van der Waals surface area contributed by atoms with E-state index < -0.39 is 6.10 Å². The first-order valence-corrected chi connectivity index (χ1v) is 27.5. The van der Waals surface area contributed by atoms with Crippen molar-refractivity contribution in [2.75, 3.05) is 13.2 Å². The Morgan fingerprint density at radius 3 is 0.952 bits per heavy atom. The molecule has 0 amide bonds. The molecule has 0 heterocycles. The summed E-state index contributed by atoms with van der Waals surface area (Å²) in [6, 6.07) is 0. The number of esters is 3. The summed E-state index contributed by atoms with van der Waals surface area (Å²) >= 11 is 0. The molecule has 6 nitrogen and oxygen atoms in total. The molecule has 0 aliphatic carbocycles. The zero-order valence-electron chi connectivity index (χ0n) is 42.1. The summed E-state index contributed by atoms with van der Waals surface area (Å²) in [4.78, 5) is 38.1. The fraction of sp³-hybridized carbons (Fsp3) is 0.842. The van der Waals surface area contributed by atoms with Crippen LogP contribution in [0.3, 0.4) is 0 Å². The second-order valence-electron chi connectivity index (χ2n) is 18.5. The molecule has 0 aromatic carbocycles. The van der Waals surface area contributed by atoms with Crippen molar-refractivity contribution < 1.29 is 28.6 Å². The zero-order valence-corrected chi connectivity index (χ0v) is 42.1. The third-order valence-corrected chi connectivity index (χ3v) is 12.2. The first-order valence-electron chi connectivity index (χ1n) is 27.5. The monoisotopic (exact) mass is 885 g/mol. The lowest BCUT2D eigenvalue weighted by molar-refractivity contribution is -0.167. The van der Waals surface area contributed by atoms with E-state index in [2.05, 4.69) is 57.2 Å². The maximum atomic E-state index is 12.8. The van der Waals surface area contributed by atoms with Gasteiger partial charge in [0.1, 0.15) is 13.2 Å². The van der Waals surface area contributed by atoms with Gasteiger partial charge in [-0.2, -0.15) is 0 Å². The Hall–Kier alpha value is -2.37. The highest BCUT2D eigenvalue weighted by atomic mass is 16.6. The predicted molar refractivity (Wildman–Crippen MR) is 270 cm³/mol. The fourth-order valence-electron chi connectivity index (χ4n) is 8.09. The summed E-state index contributed by atoms with van der Waals surface area (Å²) in [6.45, 7) is 6.54. The maximum Gasteiger partial charge on any atom is 0.306 e. The predicted octanol–water partition coefficient (Wildman–Crippen LogP) is 18.1. The van der Waals surface area contributed by atoms with E-state index in [1.807, 2.05) is 0 Å². The van der Waals surface area contributed by atoms with Crippen LogP contribution in [0.4, 0.5) is 0 Å². The Labute approximate surface area is 391 Å². The van der Waals surface area contributed by atoms with Crippen molar-refractivity contribution in [3.05, 3.63) is 36.5 Å². The lowest BCUT2D eigenvalue weighted by atomic mass is 10.0. The molecule has 0 aliphatic rings. The minimum Gasteiger partial charge on any atom is -0.462 e. The van der Waals surface area contributed by atoms with Crippen LogP contribution < -0.4 is 0 Å². The van der Waals surface area contributed by atoms with E-state index >= 15 is 0 Å². The molecule has 368 valence electrons. The van der Waals surface area contributed by atoms with Crippen molar-refractivity contribution in [1.29, 1.82) is 0 Å². The zero-order chi connectivity index (χ0) is 45.8. The smallest absolute Gasteiger partial charge is 0.306 e. The number of rotatable bonds is 50. The van der Waals surface area contributed by atoms with Crippen LogP contribution in [0.15, 0.2) is 36.5 Å². The van der Waals surface area contributed by atoms with Crippen LogP contribution in [-0.4, -0.2) is 37.2 Å². The van der Waals surface area contributed by atoms with Crippen molar-refractivity contribution in [3.63, 3.8) is 0 Å². The van der Waals surface area contributed by atoms with Crippen molar-refractivity contribution in [1.82, 2.24) is 0 Å². The summed E-state index contributed by atoms with van der Waals surface area (Å²) in [5.74, 6) is -0.868. The number of allylic oxidation sites excluding steroid dienone is 6. The fourth-order valence-corrected chi connectivity index (χ4v) is 8.09. The van der Waals surface area contributed by atoms with Crippen LogP contribution in [0, 0.1) is 0 Å². The molecule has 0 radical (unpaired) electrons. The lowest BCUT2D eigenvalue weighted by Gasteiger charge is -2.18. The molecule has 0 bridgehead atoms. The highest BCUT2D eigenvalue weighted by Gasteiger charge is 2.19. The second-order valence-corrected chi connectivity index (χ2v) is 18.5. The molecule has 0 fully saturated rings. The van der Waals surface area contributed by atoms with Crippen molar-refractivity contribution in [2.24, 2.45) is 0 Å². The van der Waals surface area contributed by atoms with Crippen LogP contribution in [0.2, 0.25) is 0 Å². The van der Waals surface area contributed by atoms with Crippen molar-refractivity contribution >= 4 is 17.9 Å². The van der Waals surface area contributed by atoms with Gasteiger partial charge in [0.2, 0.25) is 0 Å². The third-order valence-electron chi connectivity index (χ3n) is 12.2. The molecular weight excluding hydrogens is 781 g/mol. The van der Waals surface area contributed by atoms with Crippen LogP contribution >= 0.6 is 0 Å². The molecule has 0 spiro atoms. The Kier molecular flexibility index (Phi) is 50.3. The van der Waals surface area contributed by atoms with E-state index in [1.54, 1.807) is 0 Å². The van der Waals surface area contributed by atoms with Gasteiger partial charge in [-0.15, -0.1) is 0 Å². The Balaban J connectivity index is 4.35. The van der Waals surface area contributed by atoms with Gasteiger partial charge >= 0.3 is 17.9 Å². The van der Waals surface area contributed by atoms with Crippen LogP contribution in [-0.2, 0) is 28.6 Å². The summed E-state index contributed by atoms with van der Waals surface area (Å²) in [6.07, 6.45) is 61.3. The van der Waals surface area contributed by atoms with E-state index in [1.165, 1.54) is 180 Å². The second kappa shape index (κ2) is 52.3. The van der Waals surface area contributed by atoms with Crippen LogP contribution in [0.5, 0.6) is 0 Å². The molecule has 1 atom stereocenters. The number of ether oxygens (including phenoxy) is 3. The minimum absolute atomic E-state index is 0.0725. The number of carbonyl (C=O) groups excluding carboxylic acids is 3. The number of hydrogen-bond donors (Lipinski definition) is 0. The molecule has 0 aromatic rings. The summed E-state index contributed by atoms with van der Waals surface area (Å²) in [5, 5.41) is 0. The molecule has 0 aromatic heterocycles. The third kappa shape index (κ3) is 50.5. The summed E-state index contributed by atoms with van der Waals surface area (Å²) < 4.78 is 16.8. The standard InChI is InChI=1S/C57H104O6/c1-4-7-10-13-16-19-22-25-28-30-32-35-38-41-44-47-50-56(59)62-53-54(52-61-55(58)49-46-43-40-37-34-31-27-24-21-18-15-12-9-6-3)63-57(60)51-48-45-42-39-36-33-29-26-23-20-17-14-11-8-5-2/h8,11,14,17,20,23,54H,4-7,9-10,12-13,15-16,18-19,21-22,24-53H2,1-3H3/b11-8-,17-14-,23-20-. The average molecular weight is 885 g/mol. The van der Waals surface area contributed by atoms with Crippen LogP contribution in [0.1, 0.15) is 290 Å². The van der Waals surface area contributed by atoms with Gasteiger partial charge in [0.05, 0.1) is 0 Å². The number of unbranched alkanes of at least 4 members (excludes halogenated alkanes) is 35. The highest BCUT2D eigenvalue weighted by molar-refractivity contribution is 5.71. The normalized spacial score (nSPS) is 12.2. The Bertz CT molecular complexity index is 1060. The topological polar surface area (TPSA) is 78.9 Å². The van der Waals surface area contributed by atoms with Gasteiger partial charge < -0.3 is 14.2 Å². The number of hydrogen-bond acceptors (Lipinski definition) is 6. The maximum absolute atomic E-state index is 12.8. The van der Waals surface area contributed by atoms with Gasteiger partial charge in [-0.1, -0.05) is 269 Å². The van der Waals surface area contributed by atoms with Gasteiger partial charge in [0, 0.05) is 19.3 Å². The largest absolute Gasteiger partial charge is 0.462 e. The van der Waals surface area contributed by atoms with Crippen molar-refractivity contribution in [2.45, 2.75) is 297 Å². The van der Waals surface area contributed by atoms with Crippen LogP contribution in [0.25, 0.3) is 0 Å². The number of carbonyl (C=O) groups is 3. The Morgan fingerprint density at radius 1 is 0.333 bits per heavy atom. The lowest BCUT2D eigenvalue weighted by Crippen LogP contribution is -2.30. The van der Waals surface area contributed by atoms with E-state index in [0.29, 0.717) is 19.3 Å². The van der Waals surface area contributed by atoms with Gasteiger partial charge in [-0.3, -0.25) is 14.4 Å². The molecule has 0 N–H and O–H groups in total. The molecule has 1 unspecified atom stereocenters. The first kappa shape index (κ1) is 60.6. The molecule has 0 rings (SSSR count). The molecule has 0 saturated carbocycles. The van der Waals surface area contributed by atoms with Gasteiger partial charge in [-0.25, -0.2) is 0 Å². The van der Waals surface area contributed by atoms with E-state index in [-0.39, 0.29) is 31.1 Å². The quantitative estimate of drug-likeness (QED) is 0.0262. The summed E-state index contributed by atoms with van der Waals surface area (Å²) in [5.41, 5.74) is 0. The van der Waals surface area contributed by atoms with E-state index in [0.717, 1.165) is 70.6 Å². The van der Waals surface area contributed by atoms with E-state index in [9.17, 15) is 14.4 Å². The SMILES string of the molecule is CC\C=C/C=C\C=C/CCCCCCCCCC(=O)OC(COC(=O)CCCCCCCCCCCCCCCC)COC(=O)CCCCCCCCCCCCCCCCCC. The molecule has 6 heteroatoms. The average Bonchev–Trinajstić information content (AvgIpc) is 3.28. The first-order chi connectivity index (χ1) is 31.0. The molecule has 0 aliphatic heterocycles. The molecule has 63 heavy (non-hydrogen) atoms. The van der Waals surface area contributed by atoms with Gasteiger partial charge in [0.25, 0.3) is 0 Å². The minimum atomic E-state index is -0.773. The molecule has 0 saturated heterocycles. The van der Waals surface area contributed by atoms with E-state index in [4.69, 9.17) is 14.2 Å². The Morgan fingerprint density at radius 2 is 0.619 bits per heavy atom. The van der Waals surface area contributed by atoms with Crippen molar-refractivity contribution in [3.8, 4) is 0 Å². The van der Waals surface area contributed by atoms with Gasteiger partial charge in [-0.05, 0) is 38.5 Å². The van der Waals surface area contributed by atoms with Gasteiger partial charge in [0.15, 0.2) is 6.10 Å². The molecular formula is C57H104O6.